The summed E-state index contributed by atoms with van der Waals surface area (Å²) in [6.07, 6.45) is 3.45. The molecule has 5 heteroatoms. The van der Waals surface area contributed by atoms with Gasteiger partial charge in [0.2, 0.25) is 0 Å². The minimum atomic E-state index is -0.116. The summed E-state index contributed by atoms with van der Waals surface area (Å²) < 4.78 is 6.27. The molecule has 3 N–H and O–H groups in total. The highest BCUT2D eigenvalue weighted by molar-refractivity contribution is 9.10. The van der Waals surface area contributed by atoms with Gasteiger partial charge in [-0.3, -0.25) is 10.8 Å². The third kappa shape index (κ3) is 3.12. The van der Waals surface area contributed by atoms with Gasteiger partial charge in [0.1, 0.15) is 5.75 Å². The highest BCUT2D eigenvalue weighted by atomic mass is 79.9. The lowest BCUT2D eigenvalue weighted by Crippen LogP contribution is -2.29. The Kier molecular flexibility index (Phi) is 4.52. The molecule has 0 aliphatic heterocycles. The number of nitrogens with one attached hydrogen (secondary N) is 1. The van der Waals surface area contributed by atoms with Crippen LogP contribution in [0.1, 0.15) is 22.7 Å². The first-order valence-electron chi connectivity index (χ1n) is 5.87. The highest BCUT2D eigenvalue weighted by Gasteiger charge is 2.14. The predicted octanol–water partition coefficient (Wildman–Crippen LogP) is 2.71. The van der Waals surface area contributed by atoms with Gasteiger partial charge in [-0.25, -0.2) is 5.43 Å². The van der Waals surface area contributed by atoms with E-state index in [0.717, 1.165) is 21.2 Å². The van der Waals surface area contributed by atoms with Crippen LogP contribution < -0.4 is 16.0 Å². The third-order valence-corrected chi connectivity index (χ3v) is 3.88. The smallest absolute Gasteiger partial charge is 0.137 e. The summed E-state index contributed by atoms with van der Waals surface area (Å²) in [5.41, 5.74) is 6.03. The van der Waals surface area contributed by atoms with E-state index in [9.17, 15) is 0 Å². The summed E-state index contributed by atoms with van der Waals surface area (Å²) in [6.45, 7) is 2.05. The Bertz CT molecular complexity index is 574. The minimum absolute atomic E-state index is 0.116. The van der Waals surface area contributed by atoms with Gasteiger partial charge < -0.3 is 4.74 Å². The maximum absolute atomic E-state index is 5.69. The van der Waals surface area contributed by atoms with Crippen LogP contribution in [0.5, 0.6) is 5.75 Å². The van der Waals surface area contributed by atoms with Gasteiger partial charge in [0.15, 0.2) is 0 Å². The van der Waals surface area contributed by atoms with Gasteiger partial charge in [-0.2, -0.15) is 0 Å². The lowest BCUT2D eigenvalue weighted by atomic mass is 9.99. The first kappa shape index (κ1) is 14.0. The van der Waals surface area contributed by atoms with E-state index in [0.29, 0.717) is 5.75 Å². The molecule has 1 aromatic heterocycles. The van der Waals surface area contributed by atoms with Crippen LogP contribution >= 0.6 is 15.9 Å². The number of benzene rings is 1. The molecule has 0 fully saturated rings. The molecule has 0 spiro atoms. The summed E-state index contributed by atoms with van der Waals surface area (Å²) in [5, 5.41) is 0. The Morgan fingerprint density at radius 2 is 2.05 bits per heavy atom. The molecule has 0 aliphatic rings. The Labute approximate surface area is 121 Å². The molecule has 100 valence electrons. The molecule has 1 unspecified atom stereocenters. The van der Waals surface area contributed by atoms with Gasteiger partial charge in [0.05, 0.1) is 19.3 Å². The summed E-state index contributed by atoms with van der Waals surface area (Å²) >= 11 is 3.50. The van der Waals surface area contributed by atoms with E-state index < -0.39 is 0 Å². The van der Waals surface area contributed by atoms with Gasteiger partial charge in [0, 0.05) is 10.7 Å². The van der Waals surface area contributed by atoms with Crippen LogP contribution in [0.15, 0.2) is 41.1 Å². The van der Waals surface area contributed by atoms with Crippen molar-refractivity contribution >= 4 is 15.9 Å². The molecule has 4 nitrogen and oxygen atoms in total. The van der Waals surface area contributed by atoms with E-state index in [-0.39, 0.29) is 6.04 Å². The van der Waals surface area contributed by atoms with E-state index in [1.165, 1.54) is 0 Å². The topological polar surface area (TPSA) is 60.2 Å². The summed E-state index contributed by atoms with van der Waals surface area (Å²) in [7, 11) is 1.62. The van der Waals surface area contributed by atoms with Crippen LogP contribution in [0.2, 0.25) is 0 Å². The lowest BCUT2D eigenvalue weighted by molar-refractivity contribution is 0.411. The molecular weight excluding hydrogens is 306 g/mol. The number of aromatic nitrogens is 1. The van der Waals surface area contributed by atoms with Gasteiger partial charge in [-0.05, 0) is 35.7 Å². The first-order valence-corrected chi connectivity index (χ1v) is 6.66. The Morgan fingerprint density at radius 1 is 1.26 bits per heavy atom. The van der Waals surface area contributed by atoms with Crippen molar-refractivity contribution < 1.29 is 4.74 Å². The number of methoxy groups -OCH3 is 1. The molecule has 0 aliphatic carbocycles. The van der Waals surface area contributed by atoms with Crippen LogP contribution in [0, 0.1) is 6.92 Å². The monoisotopic (exact) mass is 321 g/mol. The zero-order valence-electron chi connectivity index (χ0n) is 10.9. The summed E-state index contributed by atoms with van der Waals surface area (Å²) in [6, 6.07) is 7.95. The average Bonchev–Trinajstić information content (AvgIpc) is 2.44. The van der Waals surface area contributed by atoms with E-state index in [1.807, 2.05) is 25.1 Å². The van der Waals surface area contributed by atoms with Crippen molar-refractivity contribution in [1.82, 2.24) is 10.4 Å². The fourth-order valence-electron chi connectivity index (χ4n) is 1.94. The third-order valence-electron chi connectivity index (χ3n) is 2.99. The van der Waals surface area contributed by atoms with E-state index in [1.54, 1.807) is 19.5 Å². The van der Waals surface area contributed by atoms with Crippen molar-refractivity contribution in [3.8, 4) is 5.75 Å². The maximum Gasteiger partial charge on any atom is 0.137 e. The standard InChI is InChI=1S/C14H16BrN3O/c1-9-5-10(3-4-13(9)15)14(18-16)11-6-12(19-2)8-17-7-11/h3-8,14,18H,16H2,1-2H3. The molecule has 1 heterocycles. The van der Waals surface area contributed by atoms with Crippen molar-refractivity contribution in [2.24, 2.45) is 5.84 Å². The van der Waals surface area contributed by atoms with E-state index in [2.05, 4.69) is 32.4 Å². The van der Waals surface area contributed by atoms with Crippen molar-refractivity contribution in [3.05, 3.63) is 57.8 Å². The molecule has 1 aromatic carbocycles. The minimum Gasteiger partial charge on any atom is -0.495 e. The van der Waals surface area contributed by atoms with Crippen LogP contribution in [0.25, 0.3) is 0 Å². The van der Waals surface area contributed by atoms with Crippen LogP contribution in [-0.2, 0) is 0 Å². The molecule has 2 rings (SSSR count). The summed E-state index contributed by atoms with van der Waals surface area (Å²) in [5.74, 6) is 6.40. The number of hydrogen-bond donors (Lipinski definition) is 2. The van der Waals surface area contributed by atoms with E-state index in [4.69, 9.17) is 10.6 Å². The molecule has 0 saturated heterocycles. The molecule has 1 atom stereocenters. The fourth-order valence-corrected chi connectivity index (χ4v) is 2.18. The SMILES string of the molecule is COc1cncc(C(NN)c2ccc(Br)c(C)c2)c1. The summed E-state index contributed by atoms with van der Waals surface area (Å²) in [4.78, 5) is 4.16. The molecule has 0 amide bonds. The Hall–Kier alpha value is -1.43. The zero-order chi connectivity index (χ0) is 13.8. The zero-order valence-corrected chi connectivity index (χ0v) is 12.4. The van der Waals surface area contributed by atoms with Crippen molar-refractivity contribution in [3.63, 3.8) is 0 Å². The first-order chi connectivity index (χ1) is 9.15. The second-order valence-corrected chi connectivity index (χ2v) is 5.12. The quantitative estimate of drug-likeness (QED) is 0.671. The second-order valence-electron chi connectivity index (χ2n) is 4.27. The van der Waals surface area contributed by atoms with Crippen molar-refractivity contribution in [1.29, 1.82) is 0 Å². The lowest BCUT2D eigenvalue weighted by Gasteiger charge is -2.18. The van der Waals surface area contributed by atoms with Crippen molar-refractivity contribution in [2.45, 2.75) is 13.0 Å². The molecule has 2 aromatic rings. The maximum atomic E-state index is 5.69. The normalized spacial score (nSPS) is 12.2. The van der Waals surface area contributed by atoms with E-state index >= 15 is 0 Å². The number of nitrogens with two attached hydrogens (primary N) is 1. The number of nitrogens with zero attached hydrogens (tertiary/aromatic N) is 1. The molecular formula is C14H16BrN3O. The van der Waals surface area contributed by atoms with Gasteiger partial charge in [-0.15, -0.1) is 0 Å². The molecule has 0 saturated carbocycles. The fraction of sp³-hybridized carbons (Fsp3) is 0.214. The highest BCUT2D eigenvalue weighted by Crippen LogP contribution is 2.26. The average molecular weight is 322 g/mol. The number of halogens is 1. The van der Waals surface area contributed by atoms with Crippen LogP contribution in [0.4, 0.5) is 0 Å². The number of hydrazine groups is 1. The largest absolute Gasteiger partial charge is 0.495 e. The molecule has 0 radical (unpaired) electrons. The Morgan fingerprint density at radius 3 is 2.68 bits per heavy atom. The number of ether oxygens (including phenoxy) is 1. The van der Waals surface area contributed by atoms with Gasteiger partial charge in [0.25, 0.3) is 0 Å². The van der Waals surface area contributed by atoms with Crippen molar-refractivity contribution in [2.75, 3.05) is 7.11 Å². The number of aryl methyl sites for hydroxylation is 1. The molecule has 0 bridgehead atoms. The van der Waals surface area contributed by atoms with Gasteiger partial charge >= 0.3 is 0 Å². The second kappa shape index (κ2) is 6.14. The van der Waals surface area contributed by atoms with Crippen LogP contribution in [0.3, 0.4) is 0 Å². The number of hydrogen-bond acceptors (Lipinski definition) is 4. The molecule has 19 heavy (non-hydrogen) atoms. The number of pyridine rings is 1. The van der Waals surface area contributed by atoms with Gasteiger partial charge in [-0.1, -0.05) is 28.1 Å². The van der Waals surface area contributed by atoms with Crippen LogP contribution in [-0.4, -0.2) is 12.1 Å². The number of rotatable bonds is 4. The predicted molar refractivity (Wildman–Crippen MR) is 78.8 cm³/mol. The Balaban J connectivity index is 2.40.